The van der Waals surface area contributed by atoms with Gasteiger partial charge in [0.15, 0.2) is 0 Å². The topological polar surface area (TPSA) is 110 Å². The molecule has 0 bridgehead atoms. The zero-order valence-electron chi connectivity index (χ0n) is 14.6. The number of aryl methyl sites for hydroxylation is 1. The molecule has 0 atom stereocenters. The summed E-state index contributed by atoms with van der Waals surface area (Å²) in [4.78, 5) is 24.2. The fraction of sp³-hybridized carbons (Fsp3) is 0.294. The Balaban J connectivity index is 1.84. The lowest BCUT2D eigenvalue weighted by Gasteiger charge is -2.25. The standard InChI is InChI=1S/C17H19N3O4S3/c1-11-10-12(2-3-13(11)16(18)21)19-17(22)15-14(4-7-26-15)27(23,24)20-5-8-25-9-6-20/h2-4,7,10H,5-6,8-9H2,1H3,(H2,18,21)(H,19,22). The van der Waals surface area contributed by atoms with Gasteiger partial charge in [-0.1, -0.05) is 0 Å². The number of primary amides is 1. The van der Waals surface area contributed by atoms with Gasteiger partial charge in [0.05, 0.1) is 0 Å². The van der Waals surface area contributed by atoms with Crippen LogP contribution in [0.15, 0.2) is 34.5 Å². The molecule has 3 rings (SSSR count). The maximum Gasteiger partial charge on any atom is 0.267 e. The molecule has 2 amide bonds. The molecule has 144 valence electrons. The van der Waals surface area contributed by atoms with Gasteiger partial charge in [-0.05, 0) is 42.1 Å². The number of carbonyl (C=O) groups is 2. The van der Waals surface area contributed by atoms with Gasteiger partial charge in [-0.15, -0.1) is 11.3 Å². The number of rotatable bonds is 5. The number of sulfonamides is 1. The number of amides is 2. The Kier molecular flexibility index (Phi) is 5.89. The second-order valence-corrected chi connectivity index (χ2v) is 10.0. The van der Waals surface area contributed by atoms with Gasteiger partial charge in [-0.25, -0.2) is 8.42 Å². The molecule has 1 aromatic heterocycles. The summed E-state index contributed by atoms with van der Waals surface area (Å²) < 4.78 is 27.2. The SMILES string of the molecule is Cc1cc(NC(=O)c2sccc2S(=O)(=O)N2CCSCC2)ccc1C(N)=O. The largest absolute Gasteiger partial charge is 0.366 e. The van der Waals surface area contributed by atoms with E-state index in [2.05, 4.69) is 5.32 Å². The van der Waals surface area contributed by atoms with Crippen LogP contribution >= 0.6 is 23.1 Å². The summed E-state index contributed by atoms with van der Waals surface area (Å²) in [5, 5.41) is 4.30. The van der Waals surface area contributed by atoms with Crippen molar-refractivity contribution in [2.45, 2.75) is 11.8 Å². The number of benzene rings is 1. The molecule has 1 fully saturated rings. The van der Waals surface area contributed by atoms with Crippen LogP contribution in [0.5, 0.6) is 0 Å². The average molecular weight is 426 g/mol. The molecular weight excluding hydrogens is 406 g/mol. The van der Waals surface area contributed by atoms with E-state index < -0.39 is 21.8 Å². The monoisotopic (exact) mass is 425 g/mol. The van der Waals surface area contributed by atoms with Crippen LogP contribution in [0.3, 0.4) is 0 Å². The Hall–Kier alpha value is -1.88. The van der Waals surface area contributed by atoms with Crippen LogP contribution in [0.4, 0.5) is 5.69 Å². The van der Waals surface area contributed by atoms with Gasteiger partial charge in [-0.2, -0.15) is 16.1 Å². The fourth-order valence-electron chi connectivity index (χ4n) is 2.80. The van der Waals surface area contributed by atoms with Crippen LogP contribution in [-0.2, 0) is 10.0 Å². The number of thiophene rings is 1. The molecule has 0 spiro atoms. The zero-order valence-corrected chi connectivity index (χ0v) is 17.0. The van der Waals surface area contributed by atoms with Gasteiger partial charge in [0.1, 0.15) is 9.77 Å². The lowest BCUT2D eigenvalue weighted by molar-refractivity contribution is 0.0998. The molecule has 0 unspecified atom stereocenters. The van der Waals surface area contributed by atoms with E-state index in [1.165, 1.54) is 16.4 Å². The van der Waals surface area contributed by atoms with Crippen molar-refractivity contribution in [1.82, 2.24) is 4.31 Å². The molecule has 0 radical (unpaired) electrons. The van der Waals surface area contributed by atoms with Crippen molar-refractivity contribution in [3.8, 4) is 0 Å². The summed E-state index contributed by atoms with van der Waals surface area (Å²) in [6, 6.07) is 6.19. The molecule has 1 aliphatic rings. The number of hydrogen-bond donors (Lipinski definition) is 2. The van der Waals surface area contributed by atoms with Gasteiger partial charge < -0.3 is 11.1 Å². The van der Waals surface area contributed by atoms with E-state index in [4.69, 9.17) is 5.73 Å². The Labute approximate surface area is 166 Å². The number of hydrogen-bond acceptors (Lipinski definition) is 6. The van der Waals surface area contributed by atoms with E-state index >= 15 is 0 Å². The smallest absolute Gasteiger partial charge is 0.267 e. The van der Waals surface area contributed by atoms with Crippen molar-refractivity contribution in [2.24, 2.45) is 5.73 Å². The summed E-state index contributed by atoms with van der Waals surface area (Å²) in [6.45, 7) is 2.60. The number of nitrogens with zero attached hydrogens (tertiary/aromatic N) is 1. The van der Waals surface area contributed by atoms with E-state index in [9.17, 15) is 18.0 Å². The highest BCUT2D eigenvalue weighted by atomic mass is 32.2. The van der Waals surface area contributed by atoms with Crippen molar-refractivity contribution >= 4 is 50.6 Å². The number of carbonyl (C=O) groups excluding carboxylic acids is 2. The number of nitrogens with one attached hydrogen (secondary N) is 1. The van der Waals surface area contributed by atoms with Crippen LogP contribution < -0.4 is 11.1 Å². The minimum atomic E-state index is -3.70. The van der Waals surface area contributed by atoms with E-state index in [1.807, 2.05) is 0 Å². The van der Waals surface area contributed by atoms with Crippen LogP contribution in [0.1, 0.15) is 25.6 Å². The van der Waals surface area contributed by atoms with Gasteiger partial charge in [0.25, 0.3) is 5.91 Å². The molecular formula is C17H19N3O4S3. The first kappa shape index (κ1) is 19.9. The lowest BCUT2D eigenvalue weighted by Crippen LogP contribution is -2.38. The van der Waals surface area contributed by atoms with Crippen LogP contribution in [0.2, 0.25) is 0 Å². The third-order valence-electron chi connectivity index (χ3n) is 4.17. The normalized spacial score (nSPS) is 15.4. The Bertz CT molecular complexity index is 979. The minimum Gasteiger partial charge on any atom is -0.366 e. The van der Waals surface area contributed by atoms with E-state index in [1.54, 1.807) is 36.2 Å². The summed E-state index contributed by atoms with van der Waals surface area (Å²) in [5.41, 5.74) is 6.75. The molecule has 3 N–H and O–H groups in total. The quantitative estimate of drug-likeness (QED) is 0.763. The first-order valence-corrected chi connectivity index (χ1v) is 11.7. The van der Waals surface area contributed by atoms with Crippen molar-refractivity contribution in [2.75, 3.05) is 29.9 Å². The molecule has 2 aromatic rings. The van der Waals surface area contributed by atoms with Crippen molar-refractivity contribution in [3.05, 3.63) is 45.6 Å². The predicted molar refractivity (Wildman–Crippen MR) is 108 cm³/mol. The summed E-state index contributed by atoms with van der Waals surface area (Å²) in [7, 11) is -3.70. The molecule has 7 nitrogen and oxygen atoms in total. The van der Waals surface area contributed by atoms with Crippen LogP contribution in [-0.4, -0.2) is 49.1 Å². The number of nitrogens with two attached hydrogens (primary N) is 1. The Morgan fingerprint density at radius 1 is 1.19 bits per heavy atom. The summed E-state index contributed by atoms with van der Waals surface area (Å²) in [6.07, 6.45) is 0. The van der Waals surface area contributed by atoms with E-state index in [-0.39, 0.29) is 9.77 Å². The van der Waals surface area contributed by atoms with Gasteiger partial charge in [0, 0.05) is 35.8 Å². The molecule has 1 saturated heterocycles. The molecule has 2 heterocycles. The van der Waals surface area contributed by atoms with Crippen molar-refractivity contribution < 1.29 is 18.0 Å². The minimum absolute atomic E-state index is 0.0300. The van der Waals surface area contributed by atoms with Crippen LogP contribution in [0.25, 0.3) is 0 Å². The highest BCUT2D eigenvalue weighted by Crippen LogP contribution is 2.28. The third-order valence-corrected chi connectivity index (χ3v) is 8.10. The summed E-state index contributed by atoms with van der Waals surface area (Å²) >= 11 is 2.80. The number of anilines is 1. The molecule has 0 aliphatic carbocycles. The molecule has 1 aliphatic heterocycles. The maximum atomic E-state index is 12.9. The lowest BCUT2D eigenvalue weighted by atomic mass is 10.1. The van der Waals surface area contributed by atoms with Gasteiger partial charge in [0.2, 0.25) is 15.9 Å². The second kappa shape index (κ2) is 8.01. The van der Waals surface area contributed by atoms with Crippen LogP contribution in [0, 0.1) is 6.92 Å². The highest BCUT2D eigenvalue weighted by molar-refractivity contribution is 7.99. The van der Waals surface area contributed by atoms with E-state index in [0.29, 0.717) is 29.9 Å². The molecule has 10 heteroatoms. The Morgan fingerprint density at radius 3 is 2.52 bits per heavy atom. The zero-order chi connectivity index (χ0) is 19.6. The molecule has 1 aromatic carbocycles. The van der Waals surface area contributed by atoms with Gasteiger partial charge in [-0.3, -0.25) is 9.59 Å². The Morgan fingerprint density at radius 2 is 1.89 bits per heavy atom. The number of thioether (sulfide) groups is 1. The van der Waals surface area contributed by atoms with Crippen molar-refractivity contribution in [1.29, 1.82) is 0 Å². The first-order valence-electron chi connectivity index (χ1n) is 8.18. The maximum absolute atomic E-state index is 12.9. The summed E-state index contributed by atoms with van der Waals surface area (Å²) in [5.74, 6) is 0.449. The third kappa shape index (κ3) is 4.18. The molecule has 0 saturated carbocycles. The van der Waals surface area contributed by atoms with Gasteiger partial charge >= 0.3 is 0 Å². The second-order valence-electron chi connectivity index (χ2n) is 5.98. The van der Waals surface area contributed by atoms with Crippen molar-refractivity contribution in [3.63, 3.8) is 0 Å². The highest BCUT2D eigenvalue weighted by Gasteiger charge is 2.31. The van der Waals surface area contributed by atoms with E-state index in [0.717, 1.165) is 22.8 Å². The predicted octanol–water partition coefficient (Wildman–Crippen LogP) is 2.15. The first-order chi connectivity index (χ1) is 12.8. The average Bonchev–Trinajstić information content (AvgIpc) is 3.13. The molecule has 27 heavy (non-hydrogen) atoms. The fourth-order valence-corrected chi connectivity index (χ4v) is 6.67.